The Labute approximate surface area is 320 Å². The number of hydrogen-bond acceptors (Lipinski definition) is 10. The maximum atomic E-state index is 12.7. The molecule has 7 rings (SSSR count). The summed E-state index contributed by atoms with van der Waals surface area (Å²) in [5, 5.41) is 10.7. The van der Waals surface area contributed by atoms with Crippen LogP contribution in [0.25, 0.3) is 10.8 Å². The lowest BCUT2D eigenvalue weighted by atomic mass is 9.82. The van der Waals surface area contributed by atoms with E-state index in [0.717, 1.165) is 22.3 Å². The zero-order valence-corrected chi connectivity index (χ0v) is 33.8. The number of rotatable bonds is 5. The minimum absolute atomic E-state index is 0.0496. The molecular weight excluding hydrogens is 752 g/mol. The third-order valence-corrected chi connectivity index (χ3v) is 14.6. The Hall–Kier alpha value is -4.79. The number of hydrazone groups is 2. The van der Waals surface area contributed by atoms with Crippen molar-refractivity contribution >= 4 is 66.3 Å². The number of likely N-dealkylation sites (N-methyl/N-ethyl adjacent to an activating group) is 2. The van der Waals surface area contributed by atoms with Crippen LogP contribution in [0.5, 0.6) is 11.5 Å². The second-order valence-electron chi connectivity index (χ2n) is 14.9. The smallest absolute Gasteiger partial charge is 0.279 e. The summed E-state index contributed by atoms with van der Waals surface area (Å²) in [6.07, 6.45) is 2.90. The van der Waals surface area contributed by atoms with Crippen molar-refractivity contribution in [1.29, 1.82) is 0 Å². The van der Waals surface area contributed by atoms with Crippen LogP contribution in [0.1, 0.15) is 61.1 Å². The van der Waals surface area contributed by atoms with Gasteiger partial charge in [-0.25, -0.2) is 26.9 Å². The van der Waals surface area contributed by atoms with E-state index in [1.54, 1.807) is 69.7 Å². The van der Waals surface area contributed by atoms with Crippen molar-refractivity contribution in [3.63, 3.8) is 0 Å². The van der Waals surface area contributed by atoms with Crippen molar-refractivity contribution in [2.45, 2.75) is 62.2 Å². The Kier molecular flexibility index (Phi) is 9.73. The highest BCUT2D eigenvalue weighted by Gasteiger charge is 2.44. The number of sulfone groups is 2. The molecule has 0 aliphatic carbocycles. The van der Waals surface area contributed by atoms with E-state index in [1.807, 2.05) is 41.5 Å². The van der Waals surface area contributed by atoms with Crippen molar-refractivity contribution in [2.75, 3.05) is 32.7 Å². The van der Waals surface area contributed by atoms with Crippen molar-refractivity contribution in [3.8, 4) is 11.5 Å². The fourth-order valence-corrected chi connectivity index (χ4v) is 12.5. The molecule has 4 aliphatic heterocycles. The van der Waals surface area contributed by atoms with E-state index in [0.29, 0.717) is 54.4 Å². The van der Waals surface area contributed by atoms with E-state index in [-0.39, 0.29) is 23.3 Å². The van der Waals surface area contributed by atoms with Gasteiger partial charge in [0, 0.05) is 30.5 Å². The number of hydrogen-bond donors (Lipinski definition) is 0. The standard InChI is InChI=1S/C23H24N2O5S.C16H17ClN2O3S/c1-14-17(10-11-19-20(14)23(2,3)13-31(19,27)28)21(18-12-24-25(4)22(18)26)30-16-8-6-15(29-5)7-9-16;1-9-10(14(17)11-7-18-19(4)15(11)20)5-6-12-13(9)16(2,3)8-23(12,21)22/h6-12H,13H2,1-5H3;5-7H,8H2,1-4H3. The van der Waals surface area contributed by atoms with E-state index in [9.17, 15) is 26.4 Å². The number of methoxy groups -OCH3 is 1. The van der Waals surface area contributed by atoms with Gasteiger partial charge in [0.05, 0.1) is 51.4 Å². The van der Waals surface area contributed by atoms with Gasteiger partial charge in [-0.1, -0.05) is 45.4 Å². The highest BCUT2D eigenvalue weighted by Crippen LogP contribution is 2.45. The van der Waals surface area contributed by atoms with Crippen LogP contribution in [-0.2, 0) is 40.1 Å². The normalized spacial score (nSPS) is 21.4. The van der Waals surface area contributed by atoms with E-state index in [4.69, 9.17) is 21.1 Å². The lowest BCUT2D eigenvalue weighted by molar-refractivity contribution is -0.125. The lowest BCUT2D eigenvalue weighted by Gasteiger charge is -2.22. The number of benzene rings is 3. The SMILES string of the molecule is COc1ccc(OC(=C2C=NN(C)C2=O)c2ccc3c(c2C)C(C)(C)CS3(=O)=O)cc1.Cc1c(C(Cl)=C2C=NN(C)C2=O)ccc2c1C(C)(C)CS2(=O)=O. The molecule has 4 heterocycles. The number of halogens is 1. The predicted octanol–water partition coefficient (Wildman–Crippen LogP) is 5.78. The molecule has 0 atom stereocenters. The first-order chi connectivity index (χ1) is 25.1. The molecule has 12 nitrogen and oxygen atoms in total. The number of carbonyl (C=O) groups excluding carboxylic acids is 2. The average molecular weight is 793 g/mol. The summed E-state index contributed by atoms with van der Waals surface area (Å²) in [5.74, 6) is 1.09. The van der Waals surface area contributed by atoms with Gasteiger partial charge in [0.1, 0.15) is 22.8 Å². The fourth-order valence-electron chi connectivity index (χ4n) is 7.63. The van der Waals surface area contributed by atoms with Gasteiger partial charge in [-0.15, -0.1) is 0 Å². The highest BCUT2D eigenvalue weighted by molar-refractivity contribution is 7.92. The quantitative estimate of drug-likeness (QED) is 0.233. The molecule has 0 bridgehead atoms. The Morgan fingerprint density at radius 2 is 1.11 bits per heavy atom. The van der Waals surface area contributed by atoms with Crippen molar-refractivity contribution in [1.82, 2.24) is 10.0 Å². The van der Waals surface area contributed by atoms with Gasteiger partial charge < -0.3 is 9.47 Å². The maximum absolute atomic E-state index is 12.7. The summed E-state index contributed by atoms with van der Waals surface area (Å²) in [7, 11) is -1.92. The topological polar surface area (TPSA) is 152 Å². The third kappa shape index (κ3) is 6.64. The summed E-state index contributed by atoms with van der Waals surface area (Å²) >= 11 is 6.44. The summed E-state index contributed by atoms with van der Waals surface area (Å²) < 4.78 is 61.4. The summed E-state index contributed by atoms with van der Waals surface area (Å²) in [6, 6.07) is 13.6. The Balaban J connectivity index is 0.000000193. The van der Waals surface area contributed by atoms with Gasteiger partial charge in [0.2, 0.25) is 0 Å². The summed E-state index contributed by atoms with van der Waals surface area (Å²) in [6.45, 7) is 11.4. The molecule has 4 aliphatic rings. The van der Waals surface area contributed by atoms with E-state index in [1.165, 1.54) is 22.4 Å². The molecule has 15 heteroatoms. The van der Waals surface area contributed by atoms with Crippen molar-refractivity contribution < 1.29 is 35.9 Å². The number of carbonyl (C=O) groups is 2. The zero-order chi connectivity index (χ0) is 39.7. The molecule has 0 fully saturated rings. The van der Waals surface area contributed by atoms with Crippen molar-refractivity contribution in [2.24, 2.45) is 10.2 Å². The van der Waals surface area contributed by atoms with Crippen LogP contribution < -0.4 is 9.47 Å². The van der Waals surface area contributed by atoms with Crippen LogP contribution in [-0.4, -0.2) is 83.8 Å². The monoisotopic (exact) mass is 792 g/mol. The highest BCUT2D eigenvalue weighted by atomic mass is 35.5. The second-order valence-corrected chi connectivity index (χ2v) is 19.2. The molecule has 284 valence electrons. The molecular formula is C39H41ClN4O8S2. The molecule has 2 amide bonds. The molecule has 0 spiro atoms. The number of ether oxygens (including phenoxy) is 2. The molecule has 0 unspecified atom stereocenters. The van der Waals surface area contributed by atoms with E-state index in [2.05, 4.69) is 10.2 Å². The summed E-state index contributed by atoms with van der Waals surface area (Å²) in [5.41, 5.74) is 4.02. The van der Waals surface area contributed by atoms with Gasteiger partial charge in [-0.05, 0) is 84.1 Å². The summed E-state index contributed by atoms with van der Waals surface area (Å²) in [4.78, 5) is 25.5. The van der Waals surface area contributed by atoms with Crippen LogP contribution in [0.4, 0.5) is 0 Å². The number of amides is 2. The van der Waals surface area contributed by atoms with Crippen LogP contribution in [0.15, 0.2) is 79.7 Å². The Morgan fingerprint density at radius 1 is 0.685 bits per heavy atom. The number of fused-ring (bicyclic) bond motifs is 2. The predicted molar refractivity (Wildman–Crippen MR) is 208 cm³/mol. The minimum atomic E-state index is -3.36. The fraction of sp³-hybridized carbons (Fsp3) is 0.333. The molecule has 0 N–H and O–H groups in total. The molecule has 0 radical (unpaired) electrons. The van der Waals surface area contributed by atoms with Crippen LogP contribution in [0.2, 0.25) is 0 Å². The largest absolute Gasteiger partial charge is 0.497 e. The van der Waals surface area contributed by atoms with Crippen LogP contribution >= 0.6 is 11.6 Å². The lowest BCUT2D eigenvalue weighted by Crippen LogP contribution is -2.21. The second kappa shape index (κ2) is 13.5. The Morgan fingerprint density at radius 3 is 1.56 bits per heavy atom. The number of nitrogens with zero attached hydrogens (tertiary/aromatic N) is 4. The van der Waals surface area contributed by atoms with Gasteiger partial charge >= 0.3 is 0 Å². The minimum Gasteiger partial charge on any atom is -0.497 e. The van der Waals surface area contributed by atoms with Gasteiger partial charge in [-0.2, -0.15) is 10.2 Å². The van der Waals surface area contributed by atoms with Crippen LogP contribution in [0.3, 0.4) is 0 Å². The maximum Gasteiger partial charge on any atom is 0.279 e. The molecule has 3 aromatic rings. The third-order valence-electron chi connectivity index (χ3n) is 9.99. The average Bonchev–Trinajstić information content (AvgIpc) is 3.72. The zero-order valence-electron chi connectivity index (χ0n) is 31.4. The molecule has 0 saturated carbocycles. The molecule has 54 heavy (non-hydrogen) atoms. The van der Waals surface area contributed by atoms with E-state index >= 15 is 0 Å². The van der Waals surface area contributed by atoms with Crippen LogP contribution in [0, 0.1) is 13.8 Å². The molecule has 3 aromatic carbocycles. The van der Waals surface area contributed by atoms with Gasteiger partial charge in [0.15, 0.2) is 19.7 Å². The van der Waals surface area contributed by atoms with Gasteiger partial charge in [0.25, 0.3) is 11.8 Å². The van der Waals surface area contributed by atoms with E-state index < -0.39 is 30.5 Å². The first kappa shape index (κ1) is 38.9. The molecule has 0 saturated heterocycles. The van der Waals surface area contributed by atoms with Crippen molar-refractivity contribution in [3.05, 3.63) is 93.1 Å². The first-order valence-corrected chi connectivity index (χ1v) is 20.6. The molecule has 0 aromatic heterocycles. The van der Waals surface area contributed by atoms with Gasteiger partial charge in [-0.3, -0.25) is 9.59 Å². The first-order valence-electron chi connectivity index (χ1n) is 17.0. The Bertz CT molecular complexity index is 2480.